The number of rotatable bonds is 19. The van der Waals surface area contributed by atoms with E-state index in [2.05, 4.69) is 26.3 Å². The van der Waals surface area contributed by atoms with Gasteiger partial charge in [-0.3, -0.25) is 24.2 Å². The van der Waals surface area contributed by atoms with E-state index in [0.29, 0.717) is 12.0 Å². The predicted molar refractivity (Wildman–Crippen MR) is 165 cm³/mol. The molecular formula is C29H48N8O7. The topological polar surface area (TPSA) is 264 Å². The lowest BCUT2D eigenvalue weighted by Gasteiger charge is -2.24. The van der Waals surface area contributed by atoms with E-state index in [0.717, 1.165) is 0 Å². The van der Waals surface area contributed by atoms with Crippen molar-refractivity contribution in [3.05, 3.63) is 29.8 Å². The molecular weight excluding hydrogens is 572 g/mol. The minimum atomic E-state index is -1.18. The summed E-state index contributed by atoms with van der Waals surface area (Å²) in [5.74, 6) is -3.82. The molecule has 4 amide bonds. The summed E-state index contributed by atoms with van der Waals surface area (Å²) >= 11 is 0. The molecule has 0 bridgehead atoms. The van der Waals surface area contributed by atoms with Gasteiger partial charge in [-0.2, -0.15) is 0 Å². The first kappa shape index (κ1) is 37.6. The minimum absolute atomic E-state index is 0.0115. The second-order valence-electron chi connectivity index (χ2n) is 11.5. The summed E-state index contributed by atoms with van der Waals surface area (Å²) in [5.41, 5.74) is 17.2. The van der Waals surface area contributed by atoms with Gasteiger partial charge in [-0.25, -0.2) is 4.79 Å². The lowest BCUT2D eigenvalue weighted by molar-refractivity contribution is -0.142. The van der Waals surface area contributed by atoms with E-state index in [4.69, 9.17) is 17.2 Å². The Morgan fingerprint density at radius 1 is 0.818 bits per heavy atom. The van der Waals surface area contributed by atoms with Crippen LogP contribution in [0.15, 0.2) is 29.3 Å². The van der Waals surface area contributed by atoms with Crippen LogP contribution in [-0.4, -0.2) is 83.0 Å². The average molecular weight is 621 g/mol. The lowest BCUT2D eigenvalue weighted by atomic mass is 10.0. The molecule has 4 atom stereocenters. The van der Waals surface area contributed by atoms with Gasteiger partial charge in [-0.1, -0.05) is 39.8 Å². The maximum Gasteiger partial charge on any atom is 0.326 e. The van der Waals surface area contributed by atoms with Crippen LogP contribution in [0.25, 0.3) is 0 Å². The van der Waals surface area contributed by atoms with E-state index in [9.17, 15) is 34.2 Å². The fourth-order valence-electron chi connectivity index (χ4n) is 4.21. The molecule has 15 nitrogen and oxygen atoms in total. The molecule has 0 saturated carbocycles. The van der Waals surface area contributed by atoms with Crippen molar-refractivity contribution in [3.63, 3.8) is 0 Å². The highest BCUT2D eigenvalue weighted by atomic mass is 16.4. The molecule has 0 aliphatic heterocycles. The molecule has 0 aliphatic carbocycles. The number of aromatic hydroxyl groups is 1. The van der Waals surface area contributed by atoms with E-state index in [-0.39, 0.29) is 55.8 Å². The number of guanidine groups is 1. The van der Waals surface area contributed by atoms with Crippen LogP contribution in [0, 0.1) is 11.8 Å². The van der Waals surface area contributed by atoms with Crippen molar-refractivity contribution in [2.75, 3.05) is 13.1 Å². The maximum absolute atomic E-state index is 13.1. The van der Waals surface area contributed by atoms with Gasteiger partial charge < -0.3 is 48.7 Å². The largest absolute Gasteiger partial charge is 0.508 e. The van der Waals surface area contributed by atoms with Crippen molar-refractivity contribution in [1.29, 1.82) is 0 Å². The molecule has 0 aliphatic rings. The second-order valence-corrected chi connectivity index (χ2v) is 11.5. The van der Waals surface area contributed by atoms with Crippen LogP contribution in [0.5, 0.6) is 5.75 Å². The van der Waals surface area contributed by atoms with E-state index in [1.807, 2.05) is 27.7 Å². The minimum Gasteiger partial charge on any atom is -0.508 e. The van der Waals surface area contributed by atoms with Crippen LogP contribution in [0.1, 0.15) is 58.9 Å². The summed E-state index contributed by atoms with van der Waals surface area (Å²) in [5, 5.41) is 29.2. The maximum atomic E-state index is 13.1. The molecule has 44 heavy (non-hydrogen) atoms. The summed E-state index contributed by atoms with van der Waals surface area (Å²) in [7, 11) is 0. The number of nitrogens with zero attached hydrogens (tertiary/aromatic N) is 1. The number of carbonyl (C=O) groups excluding carboxylic acids is 4. The molecule has 1 rings (SSSR count). The van der Waals surface area contributed by atoms with Crippen LogP contribution >= 0.6 is 0 Å². The Morgan fingerprint density at radius 3 is 1.93 bits per heavy atom. The van der Waals surface area contributed by atoms with Gasteiger partial charge in [0.05, 0.1) is 12.6 Å². The normalized spacial score (nSPS) is 13.7. The van der Waals surface area contributed by atoms with Crippen molar-refractivity contribution in [2.24, 2.45) is 34.0 Å². The van der Waals surface area contributed by atoms with E-state index >= 15 is 0 Å². The Morgan fingerprint density at radius 2 is 1.39 bits per heavy atom. The number of carboxylic acids is 1. The molecule has 15 heteroatoms. The lowest BCUT2D eigenvalue weighted by Crippen LogP contribution is -2.55. The molecule has 0 aromatic heterocycles. The van der Waals surface area contributed by atoms with E-state index in [1.54, 1.807) is 12.1 Å². The van der Waals surface area contributed by atoms with Crippen LogP contribution in [-0.2, 0) is 30.4 Å². The van der Waals surface area contributed by atoms with E-state index in [1.165, 1.54) is 12.1 Å². The molecule has 0 radical (unpaired) electrons. The first-order valence-electron chi connectivity index (χ1n) is 14.6. The van der Waals surface area contributed by atoms with Crippen molar-refractivity contribution in [2.45, 2.75) is 84.0 Å². The number of hydrogen-bond acceptors (Lipinski definition) is 8. The fraction of sp³-hybridized carbons (Fsp3) is 0.586. The molecule has 0 saturated heterocycles. The molecule has 1 aromatic rings. The number of carbonyl (C=O) groups is 5. The number of phenols is 1. The third kappa shape index (κ3) is 15.2. The summed E-state index contributed by atoms with van der Waals surface area (Å²) < 4.78 is 0. The Balaban J connectivity index is 2.92. The highest BCUT2D eigenvalue weighted by molar-refractivity contribution is 5.94. The molecule has 0 spiro atoms. The fourth-order valence-corrected chi connectivity index (χ4v) is 4.21. The Bertz CT molecular complexity index is 1140. The zero-order valence-corrected chi connectivity index (χ0v) is 25.8. The number of carboxylic acid groups (broad SMARTS) is 1. The number of amides is 4. The van der Waals surface area contributed by atoms with Crippen LogP contribution in [0.4, 0.5) is 0 Å². The third-order valence-corrected chi connectivity index (χ3v) is 6.42. The smallest absolute Gasteiger partial charge is 0.326 e. The summed E-state index contributed by atoms with van der Waals surface area (Å²) in [6.45, 7) is 7.12. The van der Waals surface area contributed by atoms with Gasteiger partial charge in [-0.05, 0) is 55.2 Å². The monoisotopic (exact) mass is 620 g/mol. The van der Waals surface area contributed by atoms with Crippen LogP contribution in [0.2, 0.25) is 0 Å². The van der Waals surface area contributed by atoms with Crippen molar-refractivity contribution in [3.8, 4) is 5.75 Å². The summed E-state index contributed by atoms with van der Waals surface area (Å²) in [4.78, 5) is 67.1. The standard InChI is InChI=1S/C29H48N8O7/c1-16(2)12-21(27(42)37-23(28(43)44)13-17(3)4)35-24(39)15-34-26(41)22(14-18-7-9-19(38)10-8-18)36-25(40)20(30)6-5-11-33-29(31)32/h7-10,16-17,20-23,38H,5-6,11-15,30H2,1-4H3,(H,34,41)(H,35,39)(H,36,40)(H,37,42)(H,43,44)(H4,31,32,33)/t20-,21-,22-,23-/m0/s1. The number of aliphatic carboxylic acids is 1. The highest BCUT2D eigenvalue weighted by Crippen LogP contribution is 2.12. The van der Waals surface area contributed by atoms with Gasteiger partial charge in [0.25, 0.3) is 0 Å². The van der Waals surface area contributed by atoms with Crippen molar-refractivity contribution in [1.82, 2.24) is 21.3 Å². The Kier molecular flexibility index (Phi) is 16.2. The van der Waals surface area contributed by atoms with E-state index < -0.39 is 60.3 Å². The Hall–Kier alpha value is -4.40. The average Bonchev–Trinajstić information content (AvgIpc) is 2.93. The zero-order valence-electron chi connectivity index (χ0n) is 25.8. The number of nitrogens with one attached hydrogen (secondary N) is 4. The number of nitrogens with two attached hydrogens (primary N) is 3. The van der Waals surface area contributed by atoms with Gasteiger partial charge in [0.1, 0.15) is 23.9 Å². The van der Waals surface area contributed by atoms with Crippen molar-refractivity contribution >= 4 is 35.6 Å². The zero-order chi connectivity index (χ0) is 33.4. The highest BCUT2D eigenvalue weighted by Gasteiger charge is 2.29. The van der Waals surface area contributed by atoms with Gasteiger partial charge >= 0.3 is 5.97 Å². The SMILES string of the molecule is CC(C)C[C@H](NC(=O)[C@H](CC(C)C)NC(=O)CNC(=O)[C@H](Cc1ccc(O)cc1)NC(=O)[C@@H](N)CCCN=C(N)N)C(=O)O. The van der Waals surface area contributed by atoms with Gasteiger partial charge in [0.15, 0.2) is 5.96 Å². The van der Waals surface area contributed by atoms with Gasteiger partial charge in [-0.15, -0.1) is 0 Å². The number of phenolic OH excluding ortho intramolecular Hbond substituents is 1. The number of benzene rings is 1. The molecule has 1 aromatic carbocycles. The molecule has 0 unspecified atom stereocenters. The molecule has 0 heterocycles. The molecule has 246 valence electrons. The number of hydrogen-bond donors (Lipinski definition) is 9. The molecule has 0 fully saturated rings. The summed E-state index contributed by atoms with van der Waals surface area (Å²) in [6, 6.07) is 1.82. The van der Waals surface area contributed by atoms with Crippen LogP contribution in [0.3, 0.4) is 0 Å². The summed E-state index contributed by atoms with van der Waals surface area (Å²) in [6.07, 6.45) is 1.16. The predicted octanol–water partition coefficient (Wildman–Crippen LogP) is -0.937. The first-order chi connectivity index (χ1) is 20.6. The molecule has 12 N–H and O–H groups in total. The Labute approximate surface area is 257 Å². The van der Waals surface area contributed by atoms with Crippen molar-refractivity contribution < 1.29 is 34.2 Å². The second kappa shape index (κ2) is 19.0. The van der Waals surface area contributed by atoms with Gasteiger partial charge in [0.2, 0.25) is 23.6 Å². The first-order valence-corrected chi connectivity index (χ1v) is 14.6. The third-order valence-electron chi connectivity index (χ3n) is 6.42. The van der Waals surface area contributed by atoms with Crippen LogP contribution < -0.4 is 38.5 Å². The number of aliphatic imine (C=N–C) groups is 1. The quantitative estimate of drug-likeness (QED) is 0.0520. The van der Waals surface area contributed by atoms with Gasteiger partial charge in [0, 0.05) is 13.0 Å².